The van der Waals surface area contributed by atoms with Crippen molar-refractivity contribution in [1.82, 2.24) is 24.9 Å². The van der Waals surface area contributed by atoms with E-state index >= 15 is 0 Å². The number of halogens is 1. The Bertz CT molecular complexity index is 855. The first-order valence-corrected chi connectivity index (χ1v) is 5.93. The standard InChI is InChI=1S/C10H6ClN7O3/c11-7-6-8(14-3-13-6)16-10(15-7)17-9(19)5-1-4(2-12-5)18(20)21/h1-3,12H,(H2,13,14,15,16,17,19). The van der Waals surface area contributed by atoms with E-state index in [1.165, 1.54) is 6.33 Å². The molecule has 0 unspecified atom stereocenters. The van der Waals surface area contributed by atoms with Crippen molar-refractivity contribution in [3.63, 3.8) is 0 Å². The van der Waals surface area contributed by atoms with E-state index in [1.54, 1.807) is 0 Å². The lowest BCUT2D eigenvalue weighted by Gasteiger charge is -2.02. The third-order valence-corrected chi connectivity index (χ3v) is 2.86. The molecule has 0 saturated heterocycles. The van der Waals surface area contributed by atoms with E-state index in [2.05, 4.69) is 30.2 Å². The Labute approximate surface area is 120 Å². The lowest BCUT2D eigenvalue weighted by molar-refractivity contribution is -0.384. The van der Waals surface area contributed by atoms with Crippen molar-refractivity contribution in [2.45, 2.75) is 0 Å². The molecule has 3 aromatic rings. The molecule has 21 heavy (non-hydrogen) atoms. The molecule has 10 nitrogen and oxygen atoms in total. The summed E-state index contributed by atoms with van der Waals surface area (Å²) < 4.78 is 0. The van der Waals surface area contributed by atoms with Crippen molar-refractivity contribution in [3.8, 4) is 0 Å². The quantitative estimate of drug-likeness (QED) is 0.380. The van der Waals surface area contributed by atoms with Crippen molar-refractivity contribution in [3.05, 3.63) is 39.6 Å². The predicted molar refractivity (Wildman–Crippen MR) is 72.1 cm³/mol. The van der Waals surface area contributed by atoms with E-state index in [-0.39, 0.29) is 22.5 Å². The molecule has 0 aliphatic carbocycles. The number of carbonyl (C=O) groups excluding carboxylic acids is 1. The number of carbonyl (C=O) groups is 1. The van der Waals surface area contributed by atoms with Gasteiger partial charge in [0.15, 0.2) is 10.8 Å². The van der Waals surface area contributed by atoms with Crippen LogP contribution in [0.4, 0.5) is 11.6 Å². The van der Waals surface area contributed by atoms with Gasteiger partial charge in [0.2, 0.25) is 5.95 Å². The zero-order valence-corrected chi connectivity index (χ0v) is 10.9. The average Bonchev–Trinajstić information content (AvgIpc) is 3.07. The highest BCUT2D eigenvalue weighted by atomic mass is 35.5. The fourth-order valence-corrected chi connectivity index (χ4v) is 1.86. The lowest BCUT2D eigenvalue weighted by Crippen LogP contribution is -2.14. The molecule has 0 spiro atoms. The van der Waals surface area contributed by atoms with E-state index < -0.39 is 10.8 Å². The molecular formula is C10H6ClN7O3. The van der Waals surface area contributed by atoms with E-state index in [4.69, 9.17) is 11.6 Å². The molecule has 3 N–H and O–H groups in total. The highest BCUT2D eigenvalue weighted by molar-refractivity contribution is 6.33. The first-order chi connectivity index (χ1) is 10.0. The number of amides is 1. The van der Waals surface area contributed by atoms with Gasteiger partial charge in [-0.2, -0.15) is 9.97 Å². The molecule has 0 fully saturated rings. The minimum Gasteiger partial charge on any atom is -0.351 e. The molecule has 1 amide bonds. The van der Waals surface area contributed by atoms with Crippen LogP contribution in [0.15, 0.2) is 18.6 Å². The number of nitro groups is 1. The molecule has 0 radical (unpaired) electrons. The molecule has 0 aliphatic heterocycles. The van der Waals surface area contributed by atoms with Crippen LogP contribution in [-0.4, -0.2) is 35.8 Å². The second-order valence-corrected chi connectivity index (χ2v) is 4.28. The minimum atomic E-state index is -0.631. The third-order valence-electron chi connectivity index (χ3n) is 2.59. The number of aromatic amines is 2. The molecule has 3 aromatic heterocycles. The van der Waals surface area contributed by atoms with Crippen LogP contribution >= 0.6 is 11.6 Å². The summed E-state index contributed by atoms with van der Waals surface area (Å²) in [5.41, 5.74) is 0.526. The molecule has 3 heterocycles. The van der Waals surface area contributed by atoms with Gasteiger partial charge in [0, 0.05) is 6.07 Å². The predicted octanol–water partition coefficient (Wildman–Crippen LogP) is 1.49. The fraction of sp³-hybridized carbons (Fsp3) is 0. The topological polar surface area (TPSA) is 142 Å². The molecule has 0 saturated carbocycles. The molecule has 0 aliphatic rings. The van der Waals surface area contributed by atoms with Crippen LogP contribution in [0.1, 0.15) is 10.5 Å². The van der Waals surface area contributed by atoms with Crippen LogP contribution in [0.3, 0.4) is 0 Å². The number of anilines is 1. The number of hydrogen-bond donors (Lipinski definition) is 3. The van der Waals surface area contributed by atoms with E-state index in [0.717, 1.165) is 12.3 Å². The van der Waals surface area contributed by atoms with Gasteiger partial charge in [-0.1, -0.05) is 11.6 Å². The monoisotopic (exact) mass is 307 g/mol. The van der Waals surface area contributed by atoms with Gasteiger partial charge >= 0.3 is 0 Å². The van der Waals surface area contributed by atoms with Crippen molar-refractivity contribution < 1.29 is 9.72 Å². The van der Waals surface area contributed by atoms with Crippen LogP contribution in [0, 0.1) is 10.1 Å². The summed E-state index contributed by atoms with van der Waals surface area (Å²) in [4.78, 5) is 38.9. The second-order valence-electron chi connectivity index (χ2n) is 3.92. The van der Waals surface area contributed by atoms with Gasteiger partial charge in [0.05, 0.1) is 17.4 Å². The number of nitrogens with zero attached hydrogens (tertiary/aromatic N) is 4. The zero-order chi connectivity index (χ0) is 15.0. The number of nitrogens with one attached hydrogen (secondary N) is 3. The largest absolute Gasteiger partial charge is 0.351 e. The maximum Gasteiger partial charge on any atom is 0.287 e. The van der Waals surface area contributed by atoms with Crippen molar-refractivity contribution in [1.29, 1.82) is 0 Å². The molecule has 0 bridgehead atoms. The summed E-state index contributed by atoms with van der Waals surface area (Å²) in [5, 5.41) is 13.0. The number of hydrogen-bond acceptors (Lipinski definition) is 6. The Morgan fingerprint density at radius 2 is 2.19 bits per heavy atom. The van der Waals surface area contributed by atoms with E-state index in [1.807, 2.05) is 0 Å². The van der Waals surface area contributed by atoms with E-state index in [0.29, 0.717) is 11.2 Å². The SMILES string of the molecule is O=C(Nc1nc(Cl)c2[nH]cnc2n1)c1cc([N+](=O)[O-])c[nH]1. The Morgan fingerprint density at radius 1 is 1.38 bits per heavy atom. The molecule has 11 heteroatoms. The summed E-state index contributed by atoms with van der Waals surface area (Å²) >= 11 is 5.91. The summed E-state index contributed by atoms with van der Waals surface area (Å²) in [5.74, 6) is -0.684. The van der Waals surface area contributed by atoms with Crippen LogP contribution in [0.2, 0.25) is 5.15 Å². The lowest BCUT2D eigenvalue weighted by atomic mass is 10.4. The van der Waals surface area contributed by atoms with Gasteiger partial charge in [-0.15, -0.1) is 0 Å². The first kappa shape index (κ1) is 13.0. The normalized spacial score (nSPS) is 10.7. The van der Waals surface area contributed by atoms with Gasteiger partial charge in [-0.3, -0.25) is 20.2 Å². The van der Waals surface area contributed by atoms with Crippen molar-refractivity contribution >= 4 is 40.3 Å². The minimum absolute atomic E-state index is 0.00328. The summed E-state index contributed by atoms with van der Waals surface area (Å²) in [7, 11) is 0. The van der Waals surface area contributed by atoms with E-state index in [9.17, 15) is 14.9 Å². The number of rotatable bonds is 3. The Balaban J connectivity index is 1.86. The number of H-pyrrole nitrogens is 2. The van der Waals surface area contributed by atoms with Crippen LogP contribution in [0.5, 0.6) is 0 Å². The summed E-state index contributed by atoms with van der Waals surface area (Å²) in [6.07, 6.45) is 2.50. The fourth-order valence-electron chi connectivity index (χ4n) is 1.64. The van der Waals surface area contributed by atoms with Gasteiger partial charge < -0.3 is 9.97 Å². The molecule has 3 rings (SSSR count). The van der Waals surface area contributed by atoms with Crippen molar-refractivity contribution in [2.24, 2.45) is 0 Å². The Morgan fingerprint density at radius 3 is 2.90 bits per heavy atom. The van der Waals surface area contributed by atoms with Crippen LogP contribution < -0.4 is 5.32 Å². The second kappa shape index (κ2) is 4.83. The highest BCUT2D eigenvalue weighted by Gasteiger charge is 2.16. The average molecular weight is 308 g/mol. The smallest absolute Gasteiger partial charge is 0.287 e. The van der Waals surface area contributed by atoms with Crippen LogP contribution in [-0.2, 0) is 0 Å². The summed E-state index contributed by atoms with van der Waals surface area (Å²) in [6.45, 7) is 0. The molecule has 0 aromatic carbocycles. The Hall–Kier alpha value is -3.01. The Kier molecular flexibility index (Phi) is 2.99. The van der Waals surface area contributed by atoms with Crippen LogP contribution in [0.25, 0.3) is 11.2 Å². The number of aromatic nitrogens is 5. The molecule has 0 atom stereocenters. The maximum absolute atomic E-state index is 11.9. The number of imidazole rings is 1. The van der Waals surface area contributed by atoms with Crippen molar-refractivity contribution in [2.75, 3.05) is 5.32 Å². The first-order valence-electron chi connectivity index (χ1n) is 5.55. The van der Waals surface area contributed by atoms with Gasteiger partial charge in [0.25, 0.3) is 11.6 Å². The number of fused-ring (bicyclic) bond motifs is 1. The van der Waals surface area contributed by atoms with Gasteiger partial charge in [-0.25, -0.2) is 4.98 Å². The molecular weight excluding hydrogens is 302 g/mol. The van der Waals surface area contributed by atoms with Gasteiger partial charge in [0.1, 0.15) is 11.2 Å². The maximum atomic E-state index is 11.9. The third kappa shape index (κ3) is 2.39. The summed E-state index contributed by atoms with van der Waals surface area (Å²) in [6, 6.07) is 1.10. The zero-order valence-electron chi connectivity index (χ0n) is 10.1. The van der Waals surface area contributed by atoms with Gasteiger partial charge in [-0.05, 0) is 0 Å². The molecule has 106 valence electrons. The highest BCUT2D eigenvalue weighted by Crippen LogP contribution is 2.19.